The molecule has 1 aromatic carbocycles. The number of carboxylic acid groups (broad SMARTS) is 1. The van der Waals surface area contributed by atoms with Gasteiger partial charge in [-0.2, -0.15) is 0 Å². The van der Waals surface area contributed by atoms with E-state index in [4.69, 9.17) is 21.3 Å². The van der Waals surface area contributed by atoms with Crippen LogP contribution >= 0.6 is 11.6 Å². The molecule has 0 aliphatic rings. The minimum atomic E-state index is -1.14. The smallest absolute Gasteiger partial charge is 0.337 e. The van der Waals surface area contributed by atoms with Gasteiger partial charge in [-0.25, -0.2) is 9.78 Å². The molecule has 29 heavy (non-hydrogen) atoms. The number of aliphatic carboxylic acids is 1. The van der Waals surface area contributed by atoms with Gasteiger partial charge in [0.15, 0.2) is 6.10 Å². The van der Waals surface area contributed by atoms with Crippen molar-refractivity contribution in [2.24, 2.45) is 7.05 Å². The van der Waals surface area contributed by atoms with Crippen LogP contribution in [0.25, 0.3) is 22.2 Å². The van der Waals surface area contributed by atoms with E-state index < -0.39 is 17.7 Å². The van der Waals surface area contributed by atoms with Gasteiger partial charge in [-0.1, -0.05) is 23.7 Å². The van der Waals surface area contributed by atoms with Gasteiger partial charge in [-0.15, -0.1) is 0 Å². The number of ether oxygens (including phenoxy) is 1. The third-order valence-corrected chi connectivity index (χ3v) is 5.49. The van der Waals surface area contributed by atoms with Crippen LogP contribution in [0.4, 0.5) is 0 Å². The molecule has 5 nitrogen and oxygen atoms in total. The van der Waals surface area contributed by atoms with Crippen LogP contribution in [0.5, 0.6) is 0 Å². The SMILES string of the molecule is Cc1nc2c(c(C)c(C)n2C)c(-c2ccc(Cl)cc2)c1C(OC(C)(C)C)C(=O)O. The van der Waals surface area contributed by atoms with E-state index in [0.29, 0.717) is 16.3 Å². The molecule has 0 radical (unpaired) electrons. The normalized spacial score (nSPS) is 13.1. The number of aromatic nitrogens is 2. The third-order valence-electron chi connectivity index (χ3n) is 5.24. The highest BCUT2D eigenvalue weighted by molar-refractivity contribution is 6.30. The number of hydrogen-bond acceptors (Lipinski definition) is 3. The summed E-state index contributed by atoms with van der Waals surface area (Å²) in [4.78, 5) is 17.1. The Labute approximate surface area is 176 Å². The number of benzene rings is 1. The van der Waals surface area contributed by atoms with Crippen LogP contribution in [0.3, 0.4) is 0 Å². The first-order valence-corrected chi connectivity index (χ1v) is 9.92. The van der Waals surface area contributed by atoms with Gasteiger partial charge >= 0.3 is 5.97 Å². The van der Waals surface area contributed by atoms with Crippen LogP contribution in [0.1, 0.15) is 49.4 Å². The minimum Gasteiger partial charge on any atom is -0.479 e. The van der Waals surface area contributed by atoms with Crippen molar-refractivity contribution < 1.29 is 14.6 Å². The lowest BCUT2D eigenvalue weighted by atomic mass is 9.91. The lowest BCUT2D eigenvalue weighted by Gasteiger charge is -2.28. The number of hydrogen-bond donors (Lipinski definition) is 1. The van der Waals surface area contributed by atoms with Gasteiger partial charge in [0.2, 0.25) is 0 Å². The molecule has 1 N–H and O–H groups in total. The number of carboxylic acids is 1. The van der Waals surface area contributed by atoms with Gasteiger partial charge in [0.05, 0.1) is 5.60 Å². The van der Waals surface area contributed by atoms with E-state index in [1.165, 1.54) is 0 Å². The van der Waals surface area contributed by atoms with Crippen molar-refractivity contribution in [1.29, 1.82) is 0 Å². The van der Waals surface area contributed by atoms with Crippen LogP contribution in [0.15, 0.2) is 24.3 Å². The number of fused-ring (bicyclic) bond motifs is 1. The van der Waals surface area contributed by atoms with Crippen LogP contribution in [-0.4, -0.2) is 26.2 Å². The van der Waals surface area contributed by atoms with Crippen molar-refractivity contribution in [1.82, 2.24) is 9.55 Å². The van der Waals surface area contributed by atoms with E-state index in [2.05, 4.69) is 0 Å². The lowest BCUT2D eigenvalue weighted by molar-refractivity contribution is -0.160. The Hall–Kier alpha value is -2.37. The summed E-state index contributed by atoms with van der Waals surface area (Å²) in [5, 5.41) is 11.6. The average molecular weight is 415 g/mol. The summed E-state index contributed by atoms with van der Waals surface area (Å²) in [6.07, 6.45) is -1.14. The predicted molar refractivity (Wildman–Crippen MR) is 117 cm³/mol. The van der Waals surface area contributed by atoms with Crippen molar-refractivity contribution in [2.45, 2.75) is 53.2 Å². The molecule has 3 rings (SSSR count). The molecule has 0 bridgehead atoms. The number of nitrogens with zero attached hydrogens (tertiary/aromatic N) is 2. The Morgan fingerprint density at radius 1 is 1.17 bits per heavy atom. The van der Waals surface area contributed by atoms with E-state index in [0.717, 1.165) is 33.4 Å². The van der Waals surface area contributed by atoms with E-state index in [1.807, 2.05) is 77.4 Å². The van der Waals surface area contributed by atoms with Crippen molar-refractivity contribution in [2.75, 3.05) is 0 Å². The minimum absolute atomic E-state index is 0.580. The second-order valence-electron chi connectivity index (χ2n) is 8.41. The summed E-state index contributed by atoms with van der Waals surface area (Å²) in [7, 11) is 1.97. The second-order valence-corrected chi connectivity index (χ2v) is 8.85. The fourth-order valence-electron chi connectivity index (χ4n) is 3.72. The molecule has 2 aromatic heterocycles. The fourth-order valence-corrected chi connectivity index (χ4v) is 3.84. The Bertz CT molecular complexity index is 1090. The van der Waals surface area contributed by atoms with E-state index in [-0.39, 0.29) is 0 Å². The van der Waals surface area contributed by atoms with Crippen molar-refractivity contribution >= 4 is 28.6 Å². The molecular weight excluding hydrogens is 388 g/mol. The van der Waals surface area contributed by atoms with Gasteiger partial charge in [0.25, 0.3) is 0 Å². The van der Waals surface area contributed by atoms with Gasteiger partial charge in [-0.3, -0.25) is 0 Å². The maximum absolute atomic E-state index is 12.3. The Kier molecular flexibility index (Phi) is 5.50. The van der Waals surface area contributed by atoms with E-state index in [1.54, 1.807) is 0 Å². The molecule has 0 saturated carbocycles. The first-order chi connectivity index (χ1) is 13.4. The highest BCUT2D eigenvalue weighted by atomic mass is 35.5. The van der Waals surface area contributed by atoms with Gasteiger partial charge < -0.3 is 14.4 Å². The largest absolute Gasteiger partial charge is 0.479 e. The van der Waals surface area contributed by atoms with Gasteiger partial charge in [-0.05, 0) is 64.8 Å². The summed E-state index contributed by atoms with van der Waals surface area (Å²) in [6, 6.07) is 7.46. The predicted octanol–water partition coefficient (Wildman–Crippen LogP) is 5.76. The van der Waals surface area contributed by atoms with E-state index in [9.17, 15) is 9.90 Å². The zero-order chi connectivity index (χ0) is 21.7. The molecular formula is C23H27ClN2O3. The standard InChI is InChI=1S/C23H27ClN2O3/c1-12-14(3)26(7)21-17(12)19(15-8-10-16(24)11-9-15)18(13(2)25-21)20(22(27)28)29-23(4,5)6/h8-11,20H,1-7H3,(H,27,28). The van der Waals surface area contributed by atoms with Crippen molar-refractivity contribution in [3.8, 4) is 11.1 Å². The molecule has 0 aliphatic heterocycles. The number of aryl methyl sites for hydroxylation is 3. The monoisotopic (exact) mass is 414 g/mol. The summed E-state index contributed by atoms with van der Waals surface area (Å²) >= 11 is 6.11. The summed E-state index contributed by atoms with van der Waals surface area (Å²) in [5.74, 6) is -1.04. The summed E-state index contributed by atoms with van der Waals surface area (Å²) < 4.78 is 8.05. The van der Waals surface area contributed by atoms with E-state index >= 15 is 0 Å². The number of rotatable bonds is 4. The van der Waals surface area contributed by atoms with Gasteiger partial charge in [0, 0.05) is 40.0 Å². The maximum Gasteiger partial charge on any atom is 0.337 e. The quantitative estimate of drug-likeness (QED) is 0.589. The third kappa shape index (κ3) is 3.89. The van der Waals surface area contributed by atoms with Crippen LogP contribution in [-0.2, 0) is 16.6 Å². The molecule has 0 spiro atoms. The number of pyridine rings is 1. The topological polar surface area (TPSA) is 64.4 Å². The average Bonchev–Trinajstić information content (AvgIpc) is 2.83. The summed E-state index contributed by atoms with van der Waals surface area (Å²) in [5.41, 5.74) is 5.29. The molecule has 1 atom stereocenters. The van der Waals surface area contributed by atoms with Gasteiger partial charge in [0.1, 0.15) is 5.65 Å². The Morgan fingerprint density at radius 2 is 1.76 bits per heavy atom. The Morgan fingerprint density at radius 3 is 2.28 bits per heavy atom. The zero-order valence-corrected chi connectivity index (χ0v) is 18.7. The lowest BCUT2D eigenvalue weighted by Crippen LogP contribution is -2.28. The zero-order valence-electron chi connectivity index (χ0n) is 17.9. The number of carbonyl (C=O) groups is 1. The maximum atomic E-state index is 12.3. The first kappa shape index (κ1) is 21.3. The molecule has 6 heteroatoms. The molecule has 1 unspecified atom stereocenters. The van der Waals surface area contributed by atoms with Crippen LogP contribution < -0.4 is 0 Å². The molecule has 0 aliphatic carbocycles. The molecule has 0 fully saturated rings. The van der Waals surface area contributed by atoms with Crippen molar-refractivity contribution in [3.05, 3.63) is 51.8 Å². The fraction of sp³-hybridized carbons (Fsp3) is 0.391. The second kappa shape index (κ2) is 7.47. The Balaban J connectivity index is 2.47. The molecule has 3 aromatic rings. The summed E-state index contributed by atoms with van der Waals surface area (Å²) in [6.45, 7) is 11.5. The molecule has 154 valence electrons. The molecule has 0 saturated heterocycles. The molecule has 2 heterocycles. The van der Waals surface area contributed by atoms with Crippen LogP contribution in [0.2, 0.25) is 5.02 Å². The van der Waals surface area contributed by atoms with Crippen molar-refractivity contribution in [3.63, 3.8) is 0 Å². The van der Waals surface area contributed by atoms with Crippen LogP contribution in [0, 0.1) is 20.8 Å². The first-order valence-electron chi connectivity index (χ1n) is 9.55. The molecule has 0 amide bonds. The number of halogens is 1. The highest BCUT2D eigenvalue weighted by Crippen LogP contribution is 2.41. The highest BCUT2D eigenvalue weighted by Gasteiger charge is 2.33.